The van der Waals surface area contributed by atoms with E-state index >= 15 is 0 Å². The Hall–Kier alpha value is 0.612. The van der Waals surface area contributed by atoms with Gasteiger partial charge in [-0.3, -0.25) is 0 Å². The smallest absolute Gasteiger partial charge is 1.00 e. The maximum absolute atomic E-state index is 6.13. The van der Waals surface area contributed by atoms with Crippen LogP contribution in [0.25, 0.3) is 0 Å². The zero-order chi connectivity index (χ0) is 15.0. The van der Waals surface area contributed by atoms with Crippen molar-refractivity contribution >= 4 is 32.2 Å². The fraction of sp³-hybridized carbons (Fsp3) is 0.625. The molecule has 0 radical (unpaired) electrons. The van der Waals surface area contributed by atoms with E-state index in [2.05, 4.69) is 85.9 Å². The summed E-state index contributed by atoms with van der Waals surface area (Å²) in [6.07, 6.45) is 0. The minimum absolute atomic E-state index is 0. The maximum Gasteiger partial charge on any atom is -1.00 e. The van der Waals surface area contributed by atoms with Gasteiger partial charge in [0.15, 0.2) is 0 Å². The number of hydrogen-bond acceptors (Lipinski definition) is 1. The summed E-state index contributed by atoms with van der Waals surface area (Å²) in [5.74, 6) is 1.03. The van der Waals surface area contributed by atoms with Gasteiger partial charge in [-0.1, -0.05) is 0 Å². The van der Waals surface area contributed by atoms with Crippen molar-refractivity contribution in [2.24, 2.45) is 0 Å². The van der Waals surface area contributed by atoms with Crippen LogP contribution in [0.4, 0.5) is 0 Å². The molecule has 0 spiro atoms. The summed E-state index contributed by atoms with van der Waals surface area (Å²) in [5, 5.41) is 0. The average Bonchev–Trinajstić information content (AvgIpc) is 2.16. The van der Waals surface area contributed by atoms with Crippen molar-refractivity contribution in [2.45, 2.75) is 64.3 Å². The van der Waals surface area contributed by atoms with E-state index in [1.807, 2.05) is 6.92 Å². The first-order valence-electron chi connectivity index (χ1n) is 6.69. The molecule has 0 aliphatic rings. The van der Waals surface area contributed by atoms with Crippen LogP contribution in [0.2, 0.25) is 0 Å². The van der Waals surface area contributed by atoms with Gasteiger partial charge in [0.25, 0.3) is 0 Å². The van der Waals surface area contributed by atoms with Gasteiger partial charge in [-0.05, 0) is 0 Å². The molecule has 0 saturated heterocycles. The summed E-state index contributed by atoms with van der Waals surface area (Å²) < 4.78 is 7.24. The van der Waals surface area contributed by atoms with Crippen molar-refractivity contribution in [1.82, 2.24) is 0 Å². The van der Waals surface area contributed by atoms with Crippen LogP contribution in [0.15, 0.2) is 16.6 Å². The maximum atomic E-state index is 6.13. The van der Waals surface area contributed by atoms with Gasteiger partial charge in [0.05, 0.1) is 0 Å². The van der Waals surface area contributed by atoms with E-state index in [0.29, 0.717) is 0 Å². The molecule has 118 valence electrons. The van der Waals surface area contributed by atoms with E-state index in [9.17, 15) is 0 Å². The fourth-order valence-electron chi connectivity index (χ4n) is 2.02. The predicted octanol–water partition coefficient (Wildman–Crippen LogP) is -1.05. The van der Waals surface area contributed by atoms with Crippen molar-refractivity contribution in [3.8, 4) is 5.75 Å². The second-order valence-corrected chi connectivity index (χ2v) is 9.01. The second-order valence-electron chi connectivity index (χ2n) is 7.15. The normalized spacial score (nSPS) is 13.0. The Balaban J connectivity index is 0. The third-order valence-corrected chi connectivity index (χ3v) is 3.57. The summed E-state index contributed by atoms with van der Waals surface area (Å²) in [7, 11) is 0. The molecule has 0 bridgehead atoms. The van der Waals surface area contributed by atoms with Gasteiger partial charge in [-0.25, -0.2) is 0 Å². The molecule has 0 N–H and O–H groups in total. The molecule has 1 unspecified atom stereocenters. The summed E-state index contributed by atoms with van der Waals surface area (Å²) in [6, 6.07) is 4.36. The van der Waals surface area contributed by atoms with Crippen molar-refractivity contribution in [2.75, 3.05) is 0 Å². The molecule has 0 amide bonds. The van der Waals surface area contributed by atoms with Gasteiger partial charge in [0.1, 0.15) is 0 Å². The predicted molar refractivity (Wildman–Crippen MR) is 87.4 cm³/mol. The van der Waals surface area contributed by atoms with Crippen LogP contribution >= 0.6 is 15.9 Å². The third kappa shape index (κ3) is 6.71. The second kappa shape index (κ2) is 8.46. The molecule has 0 saturated carbocycles. The van der Waals surface area contributed by atoms with Crippen LogP contribution in [-0.2, 0) is 10.8 Å². The van der Waals surface area contributed by atoms with Crippen LogP contribution in [0.3, 0.4) is 0 Å². The molecular weight excluding hydrogens is 386 g/mol. The Labute approximate surface area is 159 Å². The van der Waals surface area contributed by atoms with Crippen LogP contribution in [0, 0.1) is 0 Å². The monoisotopic (exact) mass is 408 g/mol. The van der Waals surface area contributed by atoms with E-state index in [-0.39, 0.29) is 40.6 Å². The van der Waals surface area contributed by atoms with E-state index in [4.69, 9.17) is 4.74 Å². The first-order valence-corrected chi connectivity index (χ1v) is 8.15. The van der Waals surface area contributed by atoms with E-state index in [1.54, 1.807) is 0 Å². The van der Waals surface area contributed by atoms with Gasteiger partial charge < -0.3 is 24.8 Å². The van der Waals surface area contributed by atoms with Gasteiger partial charge >= 0.3 is 135 Å². The first-order chi connectivity index (χ1) is 8.43. The Morgan fingerprint density at radius 1 is 0.952 bits per heavy atom. The number of ether oxygens (including phenoxy) is 1. The number of halogens is 3. The third-order valence-electron chi connectivity index (χ3n) is 2.97. The minimum Gasteiger partial charge on any atom is -1.00 e. The Morgan fingerprint density at radius 2 is 1.29 bits per heavy atom. The Morgan fingerprint density at radius 3 is 1.52 bits per heavy atom. The van der Waals surface area contributed by atoms with Crippen LogP contribution in [-0.4, -0.2) is 21.3 Å². The summed E-state index contributed by atoms with van der Waals surface area (Å²) in [6.45, 7) is 15.4. The van der Waals surface area contributed by atoms with Gasteiger partial charge in [-0.15, -0.1) is 0 Å². The first kappa shape index (κ1) is 23.9. The standard InChI is InChI=1S/C16H24BrO.Al.2ClH/c1-8-18-14-12(15(2,3)4)9-11(17)10-13(14)16(5,6)7;;;/h8-10H,1-7H3;;2*1H/q;+2;;/p-2. The van der Waals surface area contributed by atoms with Crippen molar-refractivity contribution in [3.63, 3.8) is 0 Å². The summed E-state index contributed by atoms with van der Waals surface area (Å²) in [5.41, 5.74) is 2.61. The quantitative estimate of drug-likeness (QED) is 0.566. The van der Waals surface area contributed by atoms with Gasteiger partial charge in [-0.2, -0.15) is 0 Å². The van der Waals surface area contributed by atoms with Crippen molar-refractivity contribution in [3.05, 3.63) is 27.7 Å². The zero-order valence-electron chi connectivity index (χ0n) is 13.9. The Kier molecular flexibility index (Phi) is 9.62. The van der Waals surface area contributed by atoms with Crippen LogP contribution < -0.4 is 29.6 Å². The molecule has 1 aromatic carbocycles. The van der Waals surface area contributed by atoms with E-state index in [0.717, 1.165) is 10.2 Å². The number of rotatable bonds is 2. The molecule has 1 aromatic rings. The van der Waals surface area contributed by atoms with E-state index < -0.39 is 0 Å². The molecular formula is C16H24AlBrCl2O. The summed E-state index contributed by atoms with van der Waals surface area (Å²) >= 11 is 6.35. The molecule has 21 heavy (non-hydrogen) atoms. The fourth-order valence-corrected chi connectivity index (χ4v) is 2.61. The molecule has 0 aromatic heterocycles. The van der Waals surface area contributed by atoms with Crippen LogP contribution in [0.5, 0.6) is 5.75 Å². The molecule has 1 nitrogen and oxygen atoms in total. The van der Waals surface area contributed by atoms with Gasteiger partial charge in [0, 0.05) is 0 Å². The molecule has 5 heteroatoms. The topological polar surface area (TPSA) is 9.23 Å². The van der Waals surface area contributed by atoms with Crippen molar-refractivity contribution < 1.29 is 29.6 Å². The zero-order valence-corrected chi connectivity index (χ0v) is 18.1. The molecule has 0 aliphatic carbocycles. The minimum atomic E-state index is 0. The van der Waals surface area contributed by atoms with Crippen molar-refractivity contribution in [1.29, 1.82) is 0 Å². The molecule has 0 aliphatic heterocycles. The molecule has 0 heterocycles. The van der Waals surface area contributed by atoms with Crippen LogP contribution in [0.1, 0.15) is 59.6 Å². The average molecular weight is 410 g/mol. The summed E-state index contributed by atoms with van der Waals surface area (Å²) in [4.78, 5) is 0.100. The molecule has 0 fully saturated rings. The number of benzene rings is 1. The largest absolute Gasteiger partial charge is 1.00 e. The van der Waals surface area contributed by atoms with Gasteiger partial charge in [0.2, 0.25) is 0 Å². The molecule has 1 atom stereocenters. The van der Waals surface area contributed by atoms with E-state index in [1.165, 1.54) is 11.1 Å². The number of hydrogen-bond donors (Lipinski definition) is 0. The molecule has 1 rings (SSSR count). The SMILES string of the molecule is C[CH]([Al+2])Oc1c(C(C)(C)C)cc(Br)cc1C(C)(C)C.[Cl-].[Cl-]. The Bertz CT molecular complexity index is 427.